The summed E-state index contributed by atoms with van der Waals surface area (Å²) in [4.78, 5) is 26.5. The quantitative estimate of drug-likeness (QED) is 0.636. The molecule has 1 saturated heterocycles. The lowest BCUT2D eigenvalue weighted by molar-refractivity contribution is -0.118. The lowest BCUT2D eigenvalue weighted by Gasteiger charge is -2.27. The highest BCUT2D eigenvalue weighted by Crippen LogP contribution is 2.44. The van der Waals surface area contributed by atoms with Gasteiger partial charge in [-0.1, -0.05) is 29.3 Å². The second-order valence-corrected chi connectivity index (χ2v) is 8.40. The van der Waals surface area contributed by atoms with E-state index in [1.54, 1.807) is 18.2 Å². The van der Waals surface area contributed by atoms with Crippen molar-refractivity contribution in [3.05, 3.63) is 38.7 Å². The number of hydrogen-bond donors (Lipinski definition) is 2. The van der Waals surface area contributed by atoms with E-state index >= 15 is 0 Å². The first kappa shape index (κ1) is 22.4. The molecule has 3 rings (SSSR count). The second-order valence-electron chi connectivity index (χ2n) is 6.56. The molecule has 2 amide bonds. The van der Waals surface area contributed by atoms with E-state index < -0.39 is 0 Å². The van der Waals surface area contributed by atoms with Crippen LogP contribution in [0.1, 0.15) is 22.2 Å². The number of halogens is 2. The molecule has 2 N–H and O–H groups in total. The molecule has 2 aromatic rings. The maximum atomic E-state index is 13.0. The van der Waals surface area contributed by atoms with Crippen molar-refractivity contribution in [3.8, 4) is 17.2 Å². The molecule has 1 aliphatic rings. The van der Waals surface area contributed by atoms with E-state index in [9.17, 15) is 14.9 Å². The molecule has 7 nitrogen and oxygen atoms in total. The molecule has 2 heterocycles. The van der Waals surface area contributed by atoms with Crippen LogP contribution in [0.5, 0.6) is 0 Å². The number of thiophene rings is 1. The maximum absolute atomic E-state index is 13.0. The summed E-state index contributed by atoms with van der Waals surface area (Å²) in [6.07, 6.45) is 0. The van der Waals surface area contributed by atoms with Gasteiger partial charge in [-0.25, -0.2) is 0 Å². The van der Waals surface area contributed by atoms with Crippen LogP contribution in [0.2, 0.25) is 10.0 Å². The third kappa shape index (κ3) is 5.05. The van der Waals surface area contributed by atoms with Gasteiger partial charge in [0.2, 0.25) is 5.91 Å². The molecule has 0 unspecified atom stereocenters. The first-order valence-corrected chi connectivity index (χ1v) is 10.9. The van der Waals surface area contributed by atoms with Gasteiger partial charge in [0.25, 0.3) is 5.91 Å². The Morgan fingerprint density at radius 2 is 1.93 bits per heavy atom. The highest BCUT2D eigenvalue weighted by molar-refractivity contribution is 7.19. The van der Waals surface area contributed by atoms with Gasteiger partial charge in [-0.05, 0) is 12.1 Å². The van der Waals surface area contributed by atoms with Crippen LogP contribution < -0.4 is 15.5 Å². The smallest absolute Gasteiger partial charge is 0.262 e. The molecule has 0 atom stereocenters. The van der Waals surface area contributed by atoms with Crippen LogP contribution in [0.4, 0.5) is 5.00 Å². The average Bonchev–Trinajstić information content (AvgIpc) is 3.11. The number of morpholine rings is 1. The number of nitrogens with one attached hydrogen (secondary N) is 2. The molecule has 1 fully saturated rings. The van der Waals surface area contributed by atoms with Crippen molar-refractivity contribution in [3.63, 3.8) is 0 Å². The number of nitrogens with zero attached hydrogens (tertiary/aromatic N) is 2. The topological polar surface area (TPSA) is 94.5 Å². The molecule has 1 aromatic carbocycles. The van der Waals surface area contributed by atoms with E-state index in [-0.39, 0.29) is 18.4 Å². The van der Waals surface area contributed by atoms with Gasteiger partial charge in [0, 0.05) is 54.3 Å². The Kier molecular flexibility index (Phi) is 7.56. The van der Waals surface area contributed by atoms with Gasteiger partial charge in [-0.2, -0.15) is 5.26 Å². The van der Waals surface area contributed by atoms with Crippen molar-refractivity contribution in [1.82, 2.24) is 10.6 Å². The van der Waals surface area contributed by atoms with E-state index in [1.807, 2.05) is 4.90 Å². The predicted molar refractivity (Wildman–Crippen MR) is 119 cm³/mol. The molecule has 1 aliphatic heterocycles. The van der Waals surface area contributed by atoms with E-state index in [0.717, 1.165) is 0 Å². The summed E-state index contributed by atoms with van der Waals surface area (Å²) in [7, 11) is 0. The number of hydrogen-bond acceptors (Lipinski definition) is 6. The Morgan fingerprint density at radius 1 is 1.23 bits per heavy atom. The van der Waals surface area contributed by atoms with Crippen molar-refractivity contribution in [2.45, 2.75) is 6.92 Å². The minimum atomic E-state index is -0.331. The summed E-state index contributed by atoms with van der Waals surface area (Å²) in [6.45, 7) is 4.36. The number of carbonyl (C=O) groups excluding carboxylic acids is 2. The van der Waals surface area contributed by atoms with E-state index in [1.165, 1.54) is 18.3 Å². The summed E-state index contributed by atoms with van der Waals surface area (Å²) in [5.41, 5.74) is 1.46. The van der Waals surface area contributed by atoms with E-state index in [2.05, 4.69) is 16.7 Å². The molecule has 0 bridgehead atoms. The van der Waals surface area contributed by atoms with Crippen molar-refractivity contribution in [1.29, 1.82) is 5.26 Å². The first-order valence-electron chi connectivity index (χ1n) is 9.30. The number of rotatable bonds is 6. The minimum absolute atomic E-state index is 0.171. The number of amides is 2. The number of nitriles is 1. The number of ether oxygens (including phenoxy) is 1. The standard InChI is InChI=1S/C20H20Cl2N4O3S/c1-12(27)24-4-5-25-19(28)18-17(14-3-2-13(21)10-16(14)22)15(11-23)20(30-18)26-6-8-29-9-7-26/h2-3,10H,4-9H2,1H3,(H,24,27)(H,25,28). The van der Waals surface area contributed by atoms with E-state index in [0.29, 0.717) is 69.5 Å². The molecule has 0 spiro atoms. The fourth-order valence-corrected chi connectivity index (χ4v) is 4.85. The van der Waals surface area contributed by atoms with Gasteiger partial charge >= 0.3 is 0 Å². The third-order valence-electron chi connectivity index (χ3n) is 4.49. The summed E-state index contributed by atoms with van der Waals surface area (Å²) in [5, 5.41) is 16.9. The predicted octanol–water partition coefficient (Wildman–Crippen LogP) is 3.30. The normalized spacial score (nSPS) is 13.6. The van der Waals surface area contributed by atoms with Crippen molar-refractivity contribution < 1.29 is 14.3 Å². The van der Waals surface area contributed by atoms with Crippen LogP contribution in [0.3, 0.4) is 0 Å². The van der Waals surface area contributed by atoms with Crippen molar-refractivity contribution in [2.24, 2.45) is 0 Å². The monoisotopic (exact) mass is 466 g/mol. The van der Waals surface area contributed by atoms with Gasteiger partial charge in [0.15, 0.2) is 0 Å². The van der Waals surface area contributed by atoms with Crippen LogP contribution in [0.15, 0.2) is 18.2 Å². The molecule has 158 valence electrons. The molecule has 0 saturated carbocycles. The highest BCUT2D eigenvalue weighted by Gasteiger charge is 2.28. The van der Waals surface area contributed by atoms with Gasteiger partial charge < -0.3 is 20.3 Å². The van der Waals surface area contributed by atoms with E-state index in [4.69, 9.17) is 27.9 Å². The van der Waals surface area contributed by atoms with Crippen LogP contribution >= 0.6 is 34.5 Å². The minimum Gasteiger partial charge on any atom is -0.378 e. The fraction of sp³-hybridized carbons (Fsp3) is 0.350. The molecule has 0 aliphatic carbocycles. The molecule has 30 heavy (non-hydrogen) atoms. The number of carbonyl (C=O) groups is 2. The summed E-state index contributed by atoms with van der Waals surface area (Å²) in [6, 6.07) is 7.23. The Balaban J connectivity index is 2.02. The lowest BCUT2D eigenvalue weighted by atomic mass is 10.0. The zero-order valence-electron chi connectivity index (χ0n) is 16.3. The van der Waals surface area contributed by atoms with Crippen molar-refractivity contribution >= 4 is 51.4 Å². The van der Waals surface area contributed by atoms with Gasteiger partial charge in [-0.3, -0.25) is 9.59 Å². The second kappa shape index (κ2) is 10.1. The van der Waals surface area contributed by atoms with Crippen LogP contribution in [0.25, 0.3) is 11.1 Å². The summed E-state index contributed by atoms with van der Waals surface area (Å²) >= 11 is 13.7. The molecular formula is C20H20Cl2N4O3S. The Labute approximate surface area is 188 Å². The Hall–Kier alpha value is -2.31. The number of benzene rings is 1. The number of anilines is 1. The molecular weight excluding hydrogens is 447 g/mol. The zero-order chi connectivity index (χ0) is 21.7. The largest absolute Gasteiger partial charge is 0.378 e. The lowest BCUT2D eigenvalue weighted by Crippen LogP contribution is -2.36. The zero-order valence-corrected chi connectivity index (χ0v) is 18.6. The fourth-order valence-electron chi connectivity index (χ4n) is 3.12. The Bertz CT molecular complexity index is 997. The molecule has 0 radical (unpaired) electrons. The van der Waals surface area contributed by atoms with Gasteiger partial charge in [0.05, 0.1) is 18.8 Å². The summed E-state index contributed by atoms with van der Waals surface area (Å²) in [5.74, 6) is -0.502. The van der Waals surface area contributed by atoms with Gasteiger partial charge in [0.1, 0.15) is 15.9 Å². The average molecular weight is 467 g/mol. The van der Waals surface area contributed by atoms with Gasteiger partial charge in [-0.15, -0.1) is 11.3 Å². The molecule has 10 heteroatoms. The third-order valence-corrected chi connectivity index (χ3v) is 6.29. The Morgan fingerprint density at radius 3 is 2.57 bits per heavy atom. The highest BCUT2D eigenvalue weighted by atomic mass is 35.5. The van der Waals surface area contributed by atoms with Crippen LogP contribution in [-0.2, 0) is 9.53 Å². The van der Waals surface area contributed by atoms with Crippen LogP contribution in [0, 0.1) is 11.3 Å². The maximum Gasteiger partial charge on any atom is 0.262 e. The summed E-state index contributed by atoms with van der Waals surface area (Å²) < 4.78 is 5.41. The first-order chi connectivity index (χ1) is 14.4. The SMILES string of the molecule is CC(=O)NCCNC(=O)c1sc(N2CCOCC2)c(C#N)c1-c1ccc(Cl)cc1Cl. The van der Waals surface area contributed by atoms with Crippen LogP contribution in [-0.4, -0.2) is 51.2 Å². The molecule has 1 aromatic heterocycles. The van der Waals surface area contributed by atoms with Crippen molar-refractivity contribution in [2.75, 3.05) is 44.3 Å².